The number of hydrogen-bond donors (Lipinski definition) is 2. The molecule has 0 aliphatic rings. The Kier molecular flexibility index (Phi) is 4.31. The van der Waals surface area contributed by atoms with E-state index in [-0.39, 0.29) is 11.4 Å². The zero-order valence-corrected chi connectivity index (χ0v) is 10.8. The molecule has 0 bridgehead atoms. The van der Waals surface area contributed by atoms with Crippen LogP contribution in [0.5, 0.6) is 0 Å². The number of carbonyl (C=O) groups is 1. The third-order valence-corrected chi connectivity index (χ3v) is 2.85. The van der Waals surface area contributed by atoms with Crippen LogP contribution in [-0.2, 0) is 11.3 Å². The predicted octanol–water partition coefficient (Wildman–Crippen LogP) is 1.90. The molecule has 0 saturated heterocycles. The number of carbonyl (C=O) groups excluding carboxylic acids is 1. The fourth-order valence-corrected chi connectivity index (χ4v) is 1.22. The molecular formula is C12H20N2O3. The highest BCUT2D eigenvalue weighted by Gasteiger charge is 2.18. The first-order valence-corrected chi connectivity index (χ1v) is 5.64. The largest absolute Gasteiger partial charge is 0.456 e. The van der Waals surface area contributed by atoms with Crippen LogP contribution < -0.4 is 11.3 Å². The van der Waals surface area contributed by atoms with Crippen LogP contribution in [0.25, 0.3) is 0 Å². The standard InChI is InChI=1S/C12H20N2O3/c1-5-12(3,4)16-7-9-6-10(11(15)14-13)17-8(9)2/h6H,5,7,13H2,1-4H3,(H,14,15). The SMILES string of the molecule is CCC(C)(C)OCc1cc(C(=O)NN)oc1C. The lowest BCUT2D eigenvalue weighted by atomic mass is 10.1. The first-order chi connectivity index (χ1) is 7.89. The van der Waals surface area contributed by atoms with Crippen LogP contribution in [0.15, 0.2) is 10.5 Å². The fourth-order valence-electron chi connectivity index (χ4n) is 1.22. The van der Waals surface area contributed by atoms with Crippen molar-refractivity contribution in [1.29, 1.82) is 0 Å². The summed E-state index contributed by atoms with van der Waals surface area (Å²) < 4.78 is 11.0. The van der Waals surface area contributed by atoms with Gasteiger partial charge in [0.2, 0.25) is 0 Å². The van der Waals surface area contributed by atoms with Crippen molar-refractivity contribution in [3.05, 3.63) is 23.2 Å². The van der Waals surface area contributed by atoms with E-state index in [0.29, 0.717) is 12.4 Å². The quantitative estimate of drug-likeness (QED) is 0.468. The number of rotatable bonds is 5. The summed E-state index contributed by atoms with van der Waals surface area (Å²) in [5, 5.41) is 0. The molecule has 1 heterocycles. The van der Waals surface area contributed by atoms with E-state index in [4.69, 9.17) is 15.0 Å². The van der Waals surface area contributed by atoms with Crippen LogP contribution in [0.3, 0.4) is 0 Å². The topological polar surface area (TPSA) is 77.5 Å². The molecule has 0 aromatic carbocycles. The highest BCUT2D eigenvalue weighted by Crippen LogP contribution is 2.20. The lowest BCUT2D eigenvalue weighted by Crippen LogP contribution is -2.29. The van der Waals surface area contributed by atoms with Gasteiger partial charge < -0.3 is 9.15 Å². The van der Waals surface area contributed by atoms with Gasteiger partial charge in [-0.1, -0.05) is 6.92 Å². The molecule has 5 nitrogen and oxygen atoms in total. The van der Waals surface area contributed by atoms with Crippen LogP contribution in [0.4, 0.5) is 0 Å². The molecule has 0 aliphatic heterocycles. The molecule has 96 valence electrons. The first-order valence-electron chi connectivity index (χ1n) is 5.64. The van der Waals surface area contributed by atoms with Gasteiger partial charge in [0.1, 0.15) is 5.76 Å². The third kappa shape index (κ3) is 3.57. The zero-order valence-electron chi connectivity index (χ0n) is 10.8. The molecule has 1 aromatic rings. The van der Waals surface area contributed by atoms with Gasteiger partial charge in [0.05, 0.1) is 12.2 Å². The Bertz CT molecular complexity index is 396. The number of amides is 1. The summed E-state index contributed by atoms with van der Waals surface area (Å²) in [5.74, 6) is 5.48. The molecule has 0 unspecified atom stereocenters. The molecule has 0 aliphatic carbocycles. The summed E-state index contributed by atoms with van der Waals surface area (Å²) >= 11 is 0. The third-order valence-electron chi connectivity index (χ3n) is 2.85. The van der Waals surface area contributed by atoms with Gasteiger partial charge in [0.25, 0.3) is 0 Å². The zero-order chi connectivity index (χ0) is 13.1. The van der Waals surface area contributed by atoms with Gasteiger partial charge in [-0.3, -0.25) is 10.2 Å². The molecule has 0 saturated carbocycles. The summed E-state index contributed by atoms with van der Waals surface area (Å²) in [5.41, 5.74) is 2.72. The summed E-state index contributed by atoms with van der Waals surface area (Å²) in [6, 6.07) is 1.66. The number of ether oxygens (including phenoxy) is 1. The van der Waals surface area contributed by atoms with Gasteiger partial charge in [-0.2, -0.15) is 0 Å². The van der Waals surface area contributed by atoms with Gasteiger partial charge in [0.15, 0.2) is 5.76 Å². The minimum absolute atomic E-state index is 0.181. The number of nitrogens with one attached hydrogen (secondary N) is 1. The predicted molar refractivity (Wildman–Crippen MR) is 64.3 cm³/mol. The van der Waals surface area contributed by atoms with Crippen molar-refractivity contribution in [3.8, 4) is 0 Å². The Labute approximate surface area is 101 Å². The fraction of sp³-hybridized carbons (Fsp3) is 0.583. The average molecular weight is 240 g/mol. The smallest absolute Gasteiger partial charge is 0.300 e. The van der Waals surface area contributed by atoms with E-state index in [0.717, 1.165) is 12.0 Å². The lowest BCUT2D eigenvalue weighted by molar-refractivity contribution is -0.0320. The molecule has 1 aromatic heterocycles. The Morgan fingerprint density at radius 2 is 2.24 bits per heavy atom. The van der Waals surface area contributed by atoms with E-state index in [9.17, 15) is 4.79 Å². The van der Waals surface area contributed by atoms with E-state index in [1.807, 2.05) is 19.3 Å². The van der Waals surface area contributed by atoms with E-state index in [2.05, 4.69) is 6.92 Å². The number of nitrogen functional groups attached to an aromatic ring is 1. The van der Waals surface area contributed by atoms with E-state index in [1.165, 1.54) is 0 Å². The molecule has 0 atom stereocenters. The maximum atomic E-state index is 11.3. The maximum absolute atomic E-state index is 11.3. The minimum atomic E-state index is -0.436. The van der Waals surface area contributed by atoms with E-state index in [1.54, 1.807) is 13.0 Å². The second-order valence-electron chi connectivity index (χ2n) is 4.57. The molecule has 0 spiro atoms. The van der Waals surface area contributed by atoms with Crippen LogP contribution >= 0.6 is 0 Å². The van der Waals surface area contributed by atoms with Crippen LogP contribution in [0, 0.1) is 6.92 Å². The van der Waals surface area contributed by atoms with Crippen LogP contribution in [0.1, 0.15) is 49.1 Å². The molecule has 17 heavy (non-hydrogen) atoms. The van der Waals surface area contributed by atoms with Crippen molar-refractivity contribution >= 4 is 5.91 Å². The second-order valence-corrected chi connectivity index (χ2v) is 4.57. The normalized spacial score (nSPS) is 11.6. The number of nitrogens with two attached hydrogens (primary N) is 1. The van der Waals surface area contributed by atoms with Crippen molar-refractivity contribution in [3.63, 3.8) is 0 Å². The van der Waals surface area contributed by atoms with Gasteiger partial charge in [0, 0.05) is 5.56 Å². The Balaban J connectivity index is 2.72. The van der Waals surface area contributed by atoms with Crippen molar-refractivity contribution in [2.75, 3.05) is 0 Å². The molecule has 3 N–H and O–H groups in total. The summed E-state index contributed by atoms with van der Waals surface area (Å²) in [4.78, 5) is 11.3. The van der Waals surface area contributed by atoms with Gasteiger partial charge in [-0.15, -0.1) is 0 Å². The van der Waals surface area contributed by atoms with Crippen LogP contribution in [-0.4, -0.2) is 11.5 Å². The molecule has 1 rings (SSSR count). The summed E-state index contributed by atoms with van der Waals surface area (Å²) in [6.45, 7) is 8.33. The highest BCUT2D eigenvalue weighted by atomic mass is 16.5. The molecule has 1 amide bonds. The molecule has 5 heteroatoms. The molecule has 0 fully saturated rings. The van der Waals surface area contributed by atoms with Gasteiger partial charge >= 0.3 is 5.91 Å². The second kappa shape index (κ2) is 5.33. The monoisotopic (exact) mass is 240 g/mol. The van der Waals surface area contributed by atoms with Gasteiger partial charge in [-0.05, 0) is 33.3 Å². The maximum Gasteiger partial charge on any atom is 0.300 e. The summed E-state index contributed by atoms with van der Waals surface area (Å²) in [6.07, 6.45) is 0.917. The van der Waals surface area contributed by atoms with Gasteiger partial charge in [-0.25, -0.2) is 5.84 Å². The van der Waals surface area contributed by atoms with Crippen molar-refractivity contribution in [2.24, 2.45) is 5.84 Å². The average Bonchev–Trinajstić information content (AvgIpc) is 2.67. The van der Waals surface area contributed by atoms with E-state index < -0.39 is 5.91 Å². The highest BCUT2D eigenvalue weighted by molar-refractivity contribution is 5.91. The molecular weight excluding hydrogens is 220 g/mol. The van der Waals surface area contributed by atoms with Crippen molar-refractivity contribution in [2.45, 2.75) is 46.3 Å². The lowest BCUT2D eigenvalue weighted by Gasteiger charge is -2.23. The number of furan rings is 1. The van der Waals surface area contributed by atoms with E-state index >= 15 is 0 Å². The first kappa shape index (κ1) is 13.7. The minimum Gasteiger partial charge on any atom is -0.456 e. The van der Waals surface area contributed by atoms with Crippen molar-refractivity contribution in [1.82, 2.24) is 5.43 Å². The number of aryl methyl sites for hydroxylation is 1. The van der Waals surface area contributed by atoms with Crippen molar-refractivity contribution < 1.29 is 13.9 Å². The Morgan fingerprint density at radius 3 is 2.76 bits per heavy atom. The van der Waals surface area contributed by atoms with Crippen LogP contribution in [0.2, 0.25) is 0 Å². The Morgan fingerprint density at radius 1 is 1.59 bits per heavy atom. The summed E-state index contributed by atoms with van der Waals surface area (Å²) in [7, 11) is 0. The number of hydrogen-bond acceptors (Lipinski definition) is 4. The number of hydrazine groups is 1. The molecule has 0 radical (unpaired) electrons. The Hall–Kier alpha value is -1.33.